The lowest BCUT2D eigenvalue weighted by atomic mass is 9.82. The maximum atomic E-state index is 11.0. The van der Waals surface area contributed by atoms with Crippen molar-refractivity contribution in [2.24, 2.45) is 5.92 Å². The third-order valence-corrected chi connectivity index (χ3v) is 4.99. The molecule has 0 heterocycles. The van der Waals surface area contributed by atoms with Crippen LogP contribution in [0.4, 0.5) is 0 Å². The zero-order chi connectivity index (χ0) is 14.3. The topological polar surface area (TPSA) is 54.4 Å². The summed E-state index contributed by atoms with van der Waals surface area (Å²) in [5, 5.41) is 0. The lowest BCUT2D eigenvalue weighted by Crippen LogP contribution is -2.15. The summed E-state index contributed by atoms with van der Waals surface area (Å²) in [6.07, 6.45) is 4.42. The average molecular weight is 280 g/mol. The van der Waals surface area contributed by atoms with Crippen LogP contribution >= 0.6 is 0 Å². The Morgan fingerprint density at radius 3 is 2.16 bits per heavy atom. The van der Waals surface area contributed by atoms with Gasteiger partial charge in [0, 0.05) is 5.41 Å². The minimum atomic E-state index is -4.10. The van der Waals surface area contributed by atoms with Gasteiger partial charge < -0.3 is 0 Å². The smallest absolute Gasteiger partial charge is 0.282 e. The minimum Gasteiger partial charge on any atom is -0.282 e. The lowest BCUT2D eigenvalue weighted by Gasteiger charge is -2.22. The Hall–Kier alpha value is -1.13. The molecule has 0 aliphatic heterocycles. The van der Waals surface area contributed by atoms with Crippen molar-refractivity contribution in [3.05, 3.63) is 41.5 Å². The van der Waals surface area contributed by atoms with Gasteiger partial charge in [-0.1, -0.05) is 44.1 Å². The summed E-state index contributed by atoms with van der Waals surface area (Å²) in [7, 11) is -4.10. The molecule has 0 bridgehead atoms. The van der Waals surface area contributed by atoms with Crippen LogP contribution in [0.1, 0.15) is 39.2 Å². The first kappa shape index (κ1) is 14.3. The molecule has 0 fully saturated rings. The second-order valence-electron chi connectivity index (χ2n) is 5.52. The highest BCUT2D eigenvalue weighted by Crippen LogP contribution is 2.51. The van der Waals surface area contributed by atoms with E-state index < -0.39 is 10.1 Å². The van der Waals surface area contributed by atoms with Crippen molar-refractivity contribution in [2.45, 2.75) is 43.9 Å². The number of hydrogen-bond acceptors (Lipinski definition) is 2. The van der Waals surface area contributed by atoms with Gasteiger partial charge in [-0.15, -0.1) is 0 Å². The second kappa shape index (κ2) is 4.76. The van der Waals surface area contributed by atoms with E-state index in [-0.39, 0.29) is 10.3 Å². The van der Waals surface area contributed by atoms with Crippen LogP contribution in [0, 0.1) is 5.92 Å². The first-order chi connectivity index (χ1) is 8.79. The molecule has 1 aromatic rings. The Kier molecular flexibility index (Phi) is 3.58. The molecule has 2 rings (SSSR count). The fraction of sp³-hybridized carbons (Fsp3) is 0.467. The normalized spacial score (nSPS) is 23.9. The van der Waals surface area contributed by atoms with E-state index in [0.29, 0.717) is 5.92 Å². The quantitative estimate of drug-likeness (QED) is 0.662. The summed E-state index contributed by atoms with van der Waals surface area (Å²) in [6, 6.07) is 6.56. The zero-order valence-corrected chi connectivity index (χ0v) is 12.4. The molecule has 19 heavy (non-hydrogen) atoms. The number of benzene rings is 1. The molecule has 3 nitrogen and oxygen atoms in total. The Morgan fingerprint density at radius 1 is 1.26 bits per heavy atom. The van der Waals surface area contributed by atoms with Crippen molar-refractivity contribution in [2.75, 3.05) is 0 Å². The molecule has 1 aromatic carbocycles. The third-order valence-electron chi connectivity index (χ3n) is 4.12. The molecule has 2 unspecified atom stereocenters. The molecular formula is C15H20O3S. The molecule has 0 radical (unpaired) electrons. The molecule has 0 saturated carbocycles. The van der Waals surface area contributed by atoms with Crippen molar-refractivity contribution in [1.82, 2.24) is 0 Å². The first-order valence-corrected chi connectivity index (χ1v) is 8.01. The molecule has 4 heteroatoms. The van der Waals surface area contributed by atoms with Crippen LogP contribution in [0.5, 0.6) is 0 Å². The van der Waals surface area contributed by atoms with Gasteiger partial charge in [0.05, 0.1) is 4.90 Å². The van der Waals surface area contributed by atoms with Crippen LogP contribution in [-0.2, 0) is 15.5 Å². The van der Waals surface area contributed by atoms with Gasteiger partial charge in [0.1, 0.15) is 0 Å². The summed E-state index contributed by atoms with van der Waals surface area (Å²) < 4.78 is 31.1. The molecule has 1 aliphatic rings. The fourth-order valence-electron chi connectivity index (χ4n) is 2.60. The molecule has 0 amide bonds. The van der Waals surface area contributed by atoms with Crippen LogP contribution < -0.4 is 0 Å². The Balaban J connectivity index is 2.26. The van der Waals surface area contributed by atoms with Crippen molar-refractivity contribution in [3.8, 4) is 0 Å². The lowest BCUT2D eigenvalue weighted by molar-refractivity contribution is 0.457. The van der Waals surface area contributed by atoms with Gasteiger partial charge in [-0.05, 0) is 37.0 Å². The van der Waals surface area contributed by atoms with E-state index >= 15 is 0 Å². The van der Waals surface area contributed by atoms with E-state index in [1.807, 2.05) is 0 Å². The summed E-state index contributed by atoms with van der Waals surface area (Å²) >= 11 is 0. The van der Waals surface area contributed by atoms with Crippen LogP contribution in [0.15, 0.2) is 40.8 Å². The van der Waals surface area contributed by atoms with Gasteiger partial charge in [-0.25, -0.2) is 0 Å². The Morgan fingerprint density at radius 2 is 1.79 bits per heavy atom. The first-order valence-electron chi connectivity index (χ1n) is 6.57. The number of rotatable bonds is 5. The maximum absolute atomic E-state index is 11.0. The van der Waals surface area contributed by atoms with Gasteiger partial charge in [0.2, 0.25) is 0 Å². The van der Waals surface area contributed by atoms with E-state index in [1.54, 1.807) is 12.1 Å². The molecule has 2 atom stereocenters. The van der Waals surface area contributed by atoms with E-state index in [1.165, 1.54) is 17.7 Å². The molecule has 0 saturated heterocycles. The highest BCUT2D eigenvalue weighted by Gasteiger charge is 2.43. The molecule has 0 aromatic heterocycles. The van der Waals surface area contributed by atoms with Crippen molar-refractivity contribution in [1.29, 1.82) is 0 Å². The van der Waals surface area contributed by atoms with Crippen LogP contribution in [0.3, 0.4) is 0 Å². The molecular weight excluding hydrogens is 260 g/mol. The minimum absolute atomic E-state index is 0.00712. The average Bonchev–Trinajstić information content (AvgIpc) is 3.00. The van der Waals surface area contributed by atoms with Crippen LogP contribution in [0.25, 0.3) is 0 Å². The zero-order valence-electron chi connectivity index (χ0n) is 11.6. The van der Waals surface area contributed by atoms with Crippen LogP contribution in [-0.4, -0.2) is 13.0 Å². The molecule has 0 spiro atoms. The highest BCUT2D eigenvalue weighted by atomic mass is 32.2. The summed E-state index contributed by atoms with van der Waals surface area (Å²) in [5.41, 5.74) is 2.46. The Bertz CT molecular complexity index is 599. The van der Waals surface area contributed by atoms with Crippen molar-refractivity contribution >= 4 is 10.1 Å². The van der Waals surface area contributed by atoms with Gasteiger partial charge >= 0.3 is 0 Å². The SMILES string of the molecule is CCC(C)CC1(c2ccc(S(=O)(=O)O)cc2)C=C1C. The van der Waals surface area contributed by atoms with E-state index in [2.05, 4.69) is 26.8 Å². The van der Waals surface area contributed by atoms with Gasteiger partial charge in [0.15, 0.2) is 0 Å². The highest BCUT2D eigenvalue weighted by molar-refractivity contribution is 7.85. The van der Waals surface area contributed by atoms with E-state index in [4.69, 9.17) is 4.55 Å². The van der Waals surface area contributed by atoms with Gasteiger partial charge in [-0.2, -0.15) is 8.42 Å². The Labute approximate surface area is 115 Å². The second-order valence-corrected chi connectivity index (χ2v) is 6.94. The number of allylic oxidation sites excluding steroid dienone is 2. The van der Waals surface area contributed by atoms with Crippen molar-refractivity contribution in [3.63, 3.8) is 0 Å². The maximum Gasteiger partial charge on any atom is 0.294 e. The third kappa shape index (κ3) is 2.74. The number of hydrogen-bond donors (Lipinski definition) is 1. The van der Waals surface area contributed by atoms with Gasteiger partial charge in [0.25, 0.3) is 10.1 Å². The largest absolute Gasteiger partial charge is 0.294 e. The molecule has 1 N–H and O–H groups in total. The standard InChI is InChI=1S/C15H20O3S/c1-4-11(2)9-15(10-12(15)3)13-5-7-14(8-6-13)19(16,17)18/h5-8,10-11H,4,9H2,1-3H3,(H,16,17,18). The molecule has 104 valence electrons. The summed E-state index contributed by atoms with van der Waals surface area (Å²) in [4.78, 5) is -0.0479. The summed E-state index contributed by atoms with van der Waals surface area (Å²) in [6.45, 7) is 6.52. The molecule has 1 aliphatic carbocycles. The van der Waals surface area contributed by atoms with Crippen molar-refractivity contribution < 1.29 is 13.0 Å². The fourth-order valence-corrected chi connectivity index (χ4v) is 3.08. The predicted molar refractivity (Wildman–Crippen MR) is 75.8 cm³/mol. The van der Waals surface area contributed by atoms with E-state index in [9.17, 15) is 8.42 Å². The predicted octanol–water partition coefficient (Wildman–Crippen LogP) is 3.57. The van der Waals surface area contributed by atoms with E-state index in [0.717, 1.165) is 18.4 Å². The van der Waals surface area contributed by atoms with Crippen LogP contribution in [0.2, 0.25) is 0 Å². The van der Waals surface area contributed by atoms with Gasteiger partial charge in [-0.3, -0.25) is 4.55 Å². The monoisotopic (exact) mass is 280 g/mol. The summed E-state index contributed by atoms with van der Waals surface area (Å²) in [5.74, 6) is 0.620.